The molecule has 0 aliphatic carbocycles. The Kier molecular flexibility index (Phi) is 6.35. The molecule has 2 aromatic heterocycles. The van der Waals surface area contributed by atoms with E-state index in [1.807, 2.05) is 59.1 Å². The first-order valence-electron chi connectivity index (χ1n) is 10.2. The molecule has 0 aliphatic heterocycles. The Morgan fingerprint density at radius 1 is 0.933 bits per heavy atom. The molecule has 0 saturated heterocycles. The maximum Gasteiger partial charge on any atom is 0.196 e. The van der Waals surface area contributed by atoms with Gasteiger partial charge in [0.1, 0.15) is 5.82 Å². The van der Waals surface area contributed by atoms with E-state index in [9.17, 15) is 0 Å². The van der Waals surface area contributed by atoms with E-state index in [0.717, 1.165) is 42.5 Å². The molecule has 4 rings (SSSR count). The van der Waals surface area contributed by atoms with Gasteiger partial charge < -0.3 is 10.6 Å². The summed E-state index contributed by atoms with van der Waals surface area (Å²) < 4.78 is 2.04. The SMILES string of the molecule is Cc1ccc(CN=C(NCCCc2nnc3ccccn23)Nc2ccccc2)cc1. The van der Waals surface area contributed by atoms with E-state index in [1.54, 1.807) is 0 Å². The van der Waals surface area contributed by atoms with E-state index in [2.05, 4.69) is 52.0 Å². The molecule has 0 radical (unpaired) electrons. The number of hydrogen-bond donors (Lipinski definition) is 2. The Bertz CT molecular complexity index is 1100. The van der Waals surface area contributed by atoms with Gasteiger partial charge in [-0.25, -0.2) is 4.99 Å². The molecule has 152 valence electrons. The van der Waals surface area contributed by atoms with Crippen LogP contribution in [0.5, 0.6) is 0 Å². The van der Waals surface area contributed by atoms with Crippen molar-refractivity contribution in [1.29, 1.82) is 0 Å². The van der Waals surface area contributed by atoms with Gasteiger partial charge in [-0.15, -0.1) is 10.2 Å². The van der Waals surface area contributed by atoms with Gasteiger partial charge in [0, 0.05) is 24.8 Å². The van der Waals surface area contributed by atoms with Crippen molar-refractivity contribution < 1.29 is 0 Å². The molecular formula is C24H26N6. The molecule has 0 aliphatic rings. The number of aryl methyl sites for hydroxylation is 2. The normalized spacial score (nSPS) is 11.6. The molecule has 0 amide bonds. The third kappa shape index (κ3) is 5.23. The maximum absolute atomic E-state index is 4.76. The third-order valence-corrected chi connectivity index (χ3v) is 4.83. The van der Waals surface area contributed by atoms with Crippen molar-refractivity contribution in [2.45, 2.75) is 26.3 Å². The first kappa shape index (κ1) is 19.6. The van der Waals surface area contributed by atoms with E-state index in [-0.39, 0.29) is 0 Å². The fourth-order valence-electron chi connectivity index (χ4n) is 3.18. The molecule has 6 nitrogen and oxygen atoms in total. The summed E-state index contributed by atoms with van der Waals surface area (Å²) >= 11 is 0. The molecule has 2 aromatic carbocycles. The number of aliphatic imine (C=N–C) groups is 1. The molecule has 2 N–H and O–H groups in total. The van der Waals surface area contributed by atoms with Crippen LogP contribution in [0.1, 0.15) is 23.4 Å². The average molecular weight is 399 g/mol. The highest BCUT2D eigenvalue weighted by Crippen LogP contribution is 2.08. The molecule has 2 heterocycles. The second-order valence-electron chi connectivity index (χ2n) is 7.22. The minimum Gasteiger partial charge on any atom is -0.356 e. The Morgan fingerprint density at radius 2 is 1.73 bits per heavy atom. The number of anilines is 1. The van der Waals surface area contributed by atoms with Gasteiger partial charge in [-0.05, 0) is 43.2 Å². The van der Waals surface area contributed by atoms with Crippen molar-refractivity contribution in [3.05, 3.63) is 95.9 Å². The van der Waals surface area contributed by atoms with Gasteiger partial charge in [-0.3, -0.25) is 4.40 Å². The zero-order valence-electron chi connectivity index (χ0n) is 17.1. The smallest absolute Gasteiger partial charge is 0.196 e. The summed E-state index contributed by atoms with van der Waals surface area (Å²) in [6.07, 6.45) is 3.77. The molecule has 0 saturated carbocycles. The Balaban J connectivity index is 1.37. The lowest BCUT2D eigenvalue weighted by atomic mass is 10.1. The number of guanidine groups is 1. The second kappa shape index (κ2) is 9.69. The van der Waals surface area contributed by atoms with Crippen LogP contribution in [-0.2, 0) is 13.0 Å². The number of para-hydroxylation sites is 1. The molecule has 4 aromatic rings. The summed E-state index contributed by atoms with van der Waals surface area (Å²) in [5.74, 6) is 1.74. The van der Waals surface area contributed by atoms with Crippen LogP contribution < -0.4 is 10.6 Å². The largest absolute Gasteiger partial charge is 0.356 e. The number of benzene rings is 2. The molecule has 0 fully saturated rings. The van der Waals surface area contributed by atoms with Gasteiger partial charge in [0.15, 0.2) is 11.6 Å². The van der Waals surface area contributed by atoms with Crippen LogP contribution in [0, 0.1) is 6.92 Å². The first-order valence-corrected chi connectivity index (χ1v) is 10.2. The molecule has 0 unspecified atom stereocenters. The van der Waals surface area contributed by atoms with E-state index >= 15 is 0 Å². The molecule has 0 atom stereocenters. The summed E-state index contributed by atoms with van der Waals surface area (Å²) in [7, 11) is 0. The molecule has 30 heavy (non-hydrogen) atoms. The van der Waals surface area contributed by atoms with Crippen molar-refractivity contribution in [3.8, 4) is 0 Å². The molecular weight excluding hydrogens is 372 g/mol. The predicted octanol–water partition coefficient (Wildman–Crippen LogP) is 4.23. The lowest BCUT2D eigenvalue weighted by Crippen LogP contribution is -2.32. The van der Waals surface area contributed by atoms with Gasteiger partial charge in [-0.1, -0.05) is 54.1 Å². The summed E-state index contributed by atoms with van der Waals surface area (Å²) in [4.78, 5) is 4.76. The van der Waals surface area contributed by atoms with Crippen molar-refractivity contribution >= 4 is 17.3 Å². The highest BCUT2D eigenvalue weighted by atomic mass is 15.2. The van der Waals surface area contributed by atoms with Gasteiger partial charge in [0.05, 0.1) is 6.54 Å². The molecule has 0 bridgehead atoms. The number of hydrogen-bond acceptors (Lipinski definition) is 3. The fourth-order valence-corrected chi connectivity index (χ4v) is 3.18. The summed E-state index contributed by atoms with van der Waals surface area (Å²) in [6, 6.07) is 24.5. The van der Waals surface area contributed by atoms with Crippen molar-refractivity contribution in [1.82, 2.24) is 19.9 Å². The predicted molar refractivity (Wildman–Crippen MR) is 122 cm³/mol. The zero-order valence-corrected chi connectivity index (χ0v) is 17.1. The summed E-state index contributed by atoms with van der Waals surface area (Å²) in [5.41, 5.74) is 4.33. The maximum atomic E-state index is 4.76. The zero-order chi connectivity index (χ0) is 20.6. The van der Waals surface area contributed by atoms with Crippen LogP contribution in [0.3, 0.4) is 0 Å². The van der Waals surface area contributed by atoms with Crippen LogP contribution >= 0.6 is 0 Å². The van der Waals surface area contributed by atoms with Crippen LogP contribution in [0.25, 0.3) is 5.65 Å². The number of pyridine rings is 1. The van der Waals surface area contributed by atoms with Crippen molar-refractivity contribution in [2.24, 2.45) is 4.99 Å². The summed E-state index contributed by atoms with van der Waals surface area (Å²) in [6.45, 7) is 3.50. The Labute approximate surface area is 176 Å². The summed E-state index contributed by atoms with van der Waals surface area (Å²) in [5, 5.41) is 15.3. The number of fused-ring (bicyclic) bond motifs is 1. The second-order valence-corrected chi connectivity index (χ2v) is 7.22. The van der Waals surface area contributed by atoms with Crippen LogP contribution in [-0.4, -0.2) is 27.1 Å². The van der Waals surface area contributed by atoms with Gasteiger partial charge in [0.2, 0.25) is 0 Å². The first-order chi connectivity index (χ1) is 14.8. The Hall–Kier alpha value is -3.67. The van der Waals surface area contributed by atoms with E-state index in [4.69, 9.17) is 4.99 Å². The van der Waals surface area contributed by atoms with Gasteiger partial charge in [0.25, 0.3) is 0 Å². The standard InChI is InChI=1S/C24H26N6/c1-19-12-14-20(15-13-19)18-26-24(27-21-8-3-2-4-9-21)25-16-7-11-23-29-28-22-10-5-6-17-30(22)23/h2-6,8-10,12-15,17H,7,11,16,18H2,1H3,(H2,25,26,27). The van der Waals surface area contributed by atoms with Crippen LogP contribution in [0.2, 0.25) is 0 Å². The topological polar surface area (TPSA) is 66.6 Å². The van der Waals surface area contributed by atoms with E-state index in [1.165, 1.54) is 11.1 Å². The number of nitrogens with zero attached hydrogens (tertiary/aromatic N) is 4. The number of nitrogens with one attached hydrogen (secondary N) is 2. The van der Waals surface area contributed by atoms with Crippen LogP contribution in [0.4, 0.5) is 5.69 Å². The highest BCUT2D eigenvalue weighted by molar-refractivity contribution is 5.93. The van der Waals surface area contributed by atoms with Crippen LogP contribution in [0.15, 0.2) is 84.0 Å². The molecule has 0 spiro atoms. The third-order valence-electron chi connectivity index (χ3n) is 4.83. The minimum absolute atomic E-state index is 0.622. The average Bonchev–Trinajstić information content (AvgIpc) is 3.20. The van der Waals surface area contributed by atoms with Gasteiger partial charge in [-0.2, -0.15) is 0 Å². The minimum atomic E-state index is 0.622. The monoisotopic (exact) mass is 398 g/mol. The fraction of sp³-hybridized carbons (Fsp3) is 0.208. The van der Waals surface area contributed by atoms with Crippen molar-refractivity contribution in [2.75, 3.05) is 11.9 Å². The van der Waals surface area contributed by atoms with Gasteiger partial charge >= 0.3 is 0 Å². The van der Waals surface area contributed by atoms with E-state index in [0.29, 0.717) is 6.54 Å². The Morgan fingerprint density at radius 3 is 2.57 bits per heavy atom. The lowest BCUT2D eigenvalue weighted by Gasteiger charge is -2.13. The number of rotatable bonds is 7. The molecule has 6 heteroatoms. The van der Waals surface area contributed by atoms with Crippen molar-refractivity contribution in [3.63, 3.8) is 0 Å². The van der Waals surface area contributed by atoms with E-state index < -0.39 is 0 Å². The highest BCUT2D eigenvalue weighted by Gasteiger charge is 2.05. The lowest BCUT2D eigenvalue weighted by molar-refractivity contribution is 0.730. The number of aromatic nitrogens is 3. The quantitative estimate of drug-likeness (QED) is 0.278.